The number of aliphatic hydroxyl groups is 1. The first-order valence-electron chi connectivity index (χ1n) is 8.17. The fraction of sp³-hybridized carbons (Fsp3) is 0.471. The summed E-state index contributed by atoms with van der Waals surface area (Å²) in [6.07, 6.45) is -0.415. The SMILES string of the molecule is COC(=O)[C@@H]1C[C@@H](O)C[NH+]1CN1C(=O)N[C@@](C)(c2ccccc2)C1=O. The van der Waals surface area contributed by atoms with Gasteiger partial charge in [-0.05, 0) is 12.5 Å². The molecule has 0 aromatic heterocycles. The van der Waals surface area contributed by atoms with Crippen molar-refractivity contribution in [2.45, 2.75) is 31.0 Å². The van der Waals surface area contributed by atoms with Crippen LogP contribution in [0.2, 0.25) is 0 Å². The maximum absolute atomic E-state index is 12.9. The molecule has 1 aromatic rings. The molecule has 3 rings (SSSR count). The number of urea groups is 1. The molecule has 3 amide bonds. The van der Waals surface area contributed by atoms with E-state index in [-0.39, 0.29) is 25.5 Å². The third-order valence-electron chi connectivity index (χ3n) is 4.97. The second-order valence-corrected chi connectivity index (χ2v) is 6.64. The molecule has 8 heteroatoms. The topological polar surface area (TPSA) is 100 Å². The predicted octanol–water partition coefficient (Wildman–Crippen LogP) is -1.40. The van der Waals surface area contributed by atoms with Crippen LogP contribution in [0.3, 0.4) is 0 Å². The van der Waals surface area contributed by atoms with Gasteiger partial charge in [0.1, 0.15) is 18.2 Å². The minimum absolute atomic E-state index is 0.00389. The number of hydrogen-bond donors (Lipinski definition) is 3. The Morgan fingerprint density at radius 3 is 2.72 bits per heavy atom. The third kappa shape index (κ3) is 2.98. The summed E-state index contributed by atoms with van der Waals surface area (Å²) in [5.41, 5.74) is -0.450. The molecule has 4 atom stereocenters. The zero-order valence-electron chi connectivity index (χ0n) is 14.2. The first kappa shape index (κ1) is 17.4. The van der Waals surface area contributed by atoms with Crippen LogP contribution < -0.4 is 10.2 Å². The zero-order chi connectivity index (χ0) is 18.2. The number of benzene rings is 1. The van der Waals surface area contributed by atoms with E-state index < -0.39 is 29.7 Å². The standard InChI is InChI=1S/C17H21N3O5/c1-17(11-6-4-3-5-7-11)15(23)20(16(24)18-17)10-19-9-12(21)8-13(19)14(22)25-2/h3-7,12-13,21H,8-10H2,1-2H3,(H,18,24)/p+1/t12-,13+,17+/m1/s1. The van der Waals surface area contributed by atoms with Crippen molar-refractivity contribution >= 4 is 17.9 Å². The smallest absolute Gasteiger partial charge is 0.364 e. The highest BCUT2D eigenvalue weighted by Crippen LogP contribution is 2.28. The monoisotopic (exact) mass is 348 g/mol. The molecular weight excluding hydrogens is 326 g/mol. The number of nitrogens with zero attached hydrogens (tertiary/aromatic N) is 1. The predicted molar refractivity (Wildman–Crippen MR) is 86.3 cm³/mol. The summed E-state index contributed by atoms with van der Waals surface area (Å²) < 4.78 is 4.77. The van der Waals surface area contributed by atoms with E-state index in [1.54, 1.807) is 31.2 Å². The van der Waals surface area contributed by atoms with Gasteiger partial charge in [-0.3, -0.25) is 4.79 Å². The second-order valence-electron chi connectivity index (χ2n) is 6.64. The van der Waals surface area contributed by atoms with E-state index in [9.17, 15) is 19.5 Å². The van der Waals surface area contributed by atoms with E-state index in [1.165, 1.54) is 7.11 Å². The minimum Gasteiger partial charge on any atom is -0.465 e. The van der Waals surface area contributed by atoms with Crippen molar-refractivity contribution in [1.29, 1.82) is 0 Å². The van der Waals surface area contributed by atoms with Gasteiger partial charge in [0.2, 0.25) is 0 Å². The van der Waals surface area contributed by atoms with Gasteiger partial charge in [-0.15, -0.1) is 0 Å². The third-order valence-corrected chi connectivity index (χ3v) is 4.97. The number of rotatable bonds is 4. The second kappa shape index (κ2) is 6.45. The molecule has 2 heterocycles. The number of imide groups is 1. The largest absolute Gasteiger partial charge is 0.465 e. The van der Waals surface area contributed by atoms with Gasteiger partial charge in [-0.1, -0.05) is 30.3 Å². The normalized spacial score (nSPS) is 32.0. The summed E-state index contributed by atoms with van der Waals surface area (Å²) >= 11 is 0. The van der Waals surface area contributed by atoms with Gasteiger partial charge in [0.25, 0.3) is 5.91 Å². The Labute approximate surface area is 145 Å². The van der Waals surface area contributed by atoms with Crippen molar-refractivity contribution in [3.8, 4) is 0 Å². The van der Waals surface area contributed by atoms with Gasteiger partial charge >= 0.3 is 12.0 Å². The van der Waals surface area contributed by atoms with Gasteiger partial charge in [0.15, 0.2) is 12.7 Å². The summed E-state index contributed by atoms with van der Waals surface area (Å²) in [6.45, 7) is 1.94. The Kier molecular flexibility index (Phi) is 4.49. The van der Waals surface area contributed by atoms with E-state index in [2.05, 4.69) is 5.32 Å². The van der Waals surface area contributed by atoms with Crippen LogP contribution in [0.4, 0.5) is 4.79 Å². The van der Waals surface area contributed by atoms with Gasteiger partial charge in [-0.2, -0.15) is 0 Å². The fourth-order valence-corrected chi connectivity index (χ4v) is 3.56. The van der Waals surface area contributed by atoms with Crippen LogP contribution in [0.15, 0.2) is 30.3 Å². The molecule has 3 N–H and O–H groups in total. The molecule has 0 bridgehead atoms. The molecule has 2 fully saturated rings. The molecule has 2 saturated heterocycles. The average molecular weight is 348 g/mol. The summed E-state index contributed by atoms with van der Waals surface area (Å²) in [5, 5.41) is 12.6. The highest BCUT2D eigenvalue weighted by molar-refractivity contribution is 6.07. The van der Waals surface area contributed by atoms with E-state index in [4.69, 9.17) is 4.74 Å². The molecule has 0 spiro atoms. The van der Waals surface area contributed by atoms with E-state index in [0.717, 1.165) is 4.90 Å². The maximum Gasteiger partial charge on any atom is 0.364 e. The van der Waals surface area contributed by atoms with Crippen molar-refractivity contribution in [1.82, 2.24) is 10.2 Å². The number of aliphatic hydroxyl groups excluding tert-OH is 1. The van der Waals surface area contributed by atoms with Crippen molar-refractivity contribution in [3.05, 3.63) is 35.9 Å². The molecule has 0 radical (unpaired) electrons. The summed E-state index contributed by atoms with van der Waals surface area (Å²) in [6, 6.07) is 7.91. The zero-order valence-corrected chi connectivity index (χ0v) is 14.2. The highest BCUT2D eigenvalue weighted by Gasteiger charge is 2.52. The van der Waals surface area contributed by atoms with Crippen molar-refractivity contribution in [2.24, 2.45) is 0 Å². The lowest BCUT2D eigenvalue weighted by Gasteiger charge is -2.25. The van der Waals surface area contributed by atoms with E-state index >= 15 is 0 Å². The van der Waals surface area contributed by atoms with Gasteiger partial charge in [-0.25, -0.2) is 14.5 Å². The lowest BCUT2D eigenvalue weighted by molar-refractivity contribution is -0.912. The van der Waals surface area contributed by atoms with Crippen LogP contribution in [0.25, 0.3) is 0 Å². The Hall–Kier alpha value is -2.45. The number of esters is 1. The number of ether oxygens (including phenoxy) is 1. The van der Waals surface area contributed by atoms with Crippen LogP contribution >= 0.6 is 0 Å². The Bertz CT molecular complexity index is 695. The van der Waals surface area contributed by atoms with Gasteiger partial charge in [0, 0.05) is 6.42 Å². The quantitative estimate of drug-likeness (QED) is 0.459. The molecule has 2 aliphatic rings. The number of carbonyl (C=O) groups is 3. The van der Waals surface area contributed by atoms with Crippen LogP contribution in [0.5, 0.6) is 0 Å². The lowest BCUT2D eigenvalue weighted by atomic mass is 9.92. The molecule has 8 nitrogen and oxygen atoms in total. The number of amides is 3. The molecule has 0 aliphatic carbocycles. The molecule has 1 unspecified atom stereocenters. The summed E-state index contributed by atoms with van der Waals surface area (Å²) in [4.78, 5) is 38.9. The number of likely N-dealkylation sites (tertiary alicyclic amines) is 1. The molecule has 0 saturated carbocycles. The lowest BCUT2D eigenvalue weighted by Crippen LogP contribution is -3.16. The van der Waals surface area contributed by atoms with Crippen molar-refractivity contribution in [3.63, 3.8) is 0 Å². The van der Waals surface area contributed by atoms with Gasteiger partial charge in [0.05, 0.1) is 7.11 Å². The number of nitrogens with one attached hydrogen (secondary N) is 2. The van der Waals surface area contributed by atoms with E-state index in [1.807, 2.05) is 6.07 Å². The Morgan fingerprint density at radius 2 is 2.08 bits per heavy atom. The van der Waals surface area contributed by atoms with Crippen molar-refractivity contribution < 1.29 is 29.1 Å². The number of carbonyl (C=O) groups excluding carboxylic acids is 3. The molecule has 2 aliphatic heterocycles. The Balaban J connectivity index is 1.80. The summed E-state index contributed by atoms with van der Waals surface area (Å²) in [5.74, 6) is -0.828. The maximum atomic E-state index is 12.9. The molecule has 134 valence electrons. The summed E-state index contributed by atoms with van der Waals surface area (Å²) in [7, 11) is 1.28. The first-order valence-corrected chi connectivity index (χ1v) is 8.17. The molecule has 25 heavy (non-hydrogen) atoms. The van der Waals surface area contributed by atoms with Crippen LogP contribution in [0.1, 0.15) is 18.9 Å². The van der Waals surface area contributed by atoms with Crippen LogP contribution in [-0.2, 0) is 19.9 Å². The molecular formula is C17H22N3O5+. The van der Waals surface area contributed by atoms with E-state index in [0.29, 0.717) is 10.5 Å². The number of hydrogen-bond acceptors (Lipinski definition) is 5. The molecule has 1 aromatic carbocycles. The van der Waals surface area contributed by atoms with Crippen LogP contribution in [-0.4, -0.2) is 60.4 Å². The van der Waals surface area contributed by atoms with Crippen LogP contribution in [0, 0.1) is 0 Å². The minimum atomic E-state index is -1.14. The number of methoxy groups -OCH3 is 1. The average Bonchev–Trinajstić information content (AvgIpc) is 3.08. The first-order chi connectivity index (χ1) is 11.9. The highest BCUT2D eigenvalue weighted by atomic mass is 16.5. The Morgan fingerprint density at radius 1 is 1.40 bits per heavy atom. The number of quaternary nitrogens is 1. The van der Waals surface area contributed by atoms with Gasteiger partial charge < -0.3 is 20.1 Å². The fourth-order valence-electron chi connectivity index (χ4n) is 3.56. The van der Waals surface area contributed by atoms with Crippen molar-refractivity contribution in [2.75, 3.05) is 20.3 Å².